The molecule has 0 bridgehead atoms. The van der Waals surface area contributed by atoms with Gasteiger partial charge in [0.2, 0.25) is 11.8 Å². The summed E-state index contributed by atoms with van der Waals surface area (Å²) in [5.74, 6) is -1.69. The second-order valence-electron chi connectivity index (χ2n) is 5.51. The molecule has 102 valence electrons. The Kier molecular flexibility index (Phi) is 3.81. The number of imide groups is 1. The monoisotopic (exact) mass is 256 g/mol. The Morgan fingerprint density at radius 1 is 1.50 bits per heavy atom. The lowest BCUT2D eigenvalue weighted by atomic mass is 9.92. The zero-order valence-corrected chi connectivity index (χ0v) is 11.2. The van der Waals surface area contributed by atoms with Gasteiger partial charge in [-0.15, -0.1) is 0 Å². The maximum absolute atomic E-state index is 12.0. The van der Waals surface area contributed by atoms with Crippen LogP contribution in [0.25, 0.3) is 0 Å². The molecule has 0 aromatic rings. The van der Waals surface area contributed by atoms with Crippen LogP contribution in [0.15, 0.2) is 0 Å². The summed E-state index contributed by atoms with van der Waals surface area (Å²) >= 11 is 0. The van der Waals surface area contributed by atoms with Crippen molar-refractivity contribution in [3.05, 3.63) is 0 Å². The van der Waals surface area contributed by atoms with Crippen LogP contribution in [0.1, 0.15) is 34.1 Å². The number of carbonyl (C=O) groups is 3. The second-order valence-corrected chi connectivity index (χ2v) is 5.51. The molecule has 0 spiro atoms. The fourth-order valence-corrected chi connectivity index (χ4v) is 2.09. The molecule has 0 saturated carbocycles. The third kappa shape index (κ3) is 2.53. The van der Waals surface area contributed by atoms with E-state index in [1.807, 2.05) is 0 Å². The highest BCUT2D eigenvalue weighted by Crippen LogP contribution is 2.32. The van der Waals surface area contributed by atoms with Crippen LogP contribution in [-0.2, 0) is 14.4 Å². The number of aliphatic carboxylic acids is 1. The Hall–Kier alpha value is -1.43. The van der Waals surface area contributed by atoms with Crippen molar-refractivity contribution in [1.29, 1.82) is 0 Å². The Balaban J connectivity index is 2.93. The summed E-state index contributed by atoms with van der Waals surface area (Å²) in [6.45, 7) is 6.94. The summed E-state index contributed by atoms with van der Waals surface area (Å²) in [6, 6.07) is 0. The molecule has 1 saturated heterocycles. The molecule has 0 aromatic heterocycles. The number of hydrogen-bond donors (Lipinski definition) is 2. The van der Waals surface area contributed by atoms with Crippen molar-refractivity contribution in [3.63, 3.8) is 0 Å². The predicted molar refractivity (Wildman–Crippen MR) is 64.8 cm³/mol. The summed E-state index contributed by atoms with van der Waals surface area (Å²) in [4.78, 5) is 36.1. The van der Waals surface area contributed by atoms with Gasteiger partial charge in [0.05, 0.1) is 12.0 Å². The molecule has 18 heavy (non-hydrogen) atoms. The smallest absolute Gasteiger partial charge is 0.325 e. The van der Waals surface area contributed by atoms with Crippen molar-refractivity contribution >= 4 is 17.8 Å². The van der Waals surface area contributed by atoms with Gasteiger partial charge in [0.1, 0.15) is 5.54 Å². The maximum atomic E-state index is 12.0. The van der Waals surface area contributed by atoms with Gasteiger partial charge in [-0.1, -0.05) is 20.8 Å². The van der Waals surface area contributed by atoms with Crippen LogP contribution >= 0.6 is 0 Å². The molecular weight excluding hydrogens is 236 g/mol. The number of rotatable bonds is 5. The highest BCUT2D eigenvalue weighted by Gasteiger charge is 2.48. The fraction of sp³-hybridized carbons (Fsp3) is 0.750. The molecule has 1 unspecified atom stereocenters. The minimum absolute atomic E-state index is 0.133. The van der Waals surface area contributed by atoms with E-state index < -0.39 is 16.9 Å². The van der Waals surface area contributed by atoms with E-state index in [-0.39, 0.29) is 24.8 Å². The average molecular weight is 256 g/mol. The third-order valence-electron chi connectivity index (χ3n) is 3.23. The number of likely N-dealkylation sites (N-methyl/N-ethyl adjacent to an activating group) is 1. The minimum Gasteiger partial charge on any atom is -0.480 e. The molecular formula is C12H20N2O4. The highest BCUT2D eigenvalue weighted by molar-refractivity contribution is 6.05. The van der Waals surface area contributed by atoms with E-state index in [1.54, 1.807) is 20.8 Å². The SMILES string of the molecule is CCNC(C)(CN1C(=O)CC(C)(C)C1=O)C(=O)O. The first-order valence-corrected chi connectivity index (χ1v) is 5.97. The lowest BCUT2D eigenvalue weighted by molar-refractivity contribution is -0.148. The van der Waals surface area contributed by atoms with Crippen LogP contribution < -0.4 is 5.32 Å². The van der Waals surface area contributed by atoms with Crippen LogP contribution in [0, 0.1) is 5.41 Å². The zero-order chi connectivity index (χ0) is 14.1. The van der Waals surface area contributed by atoms with Crippen molar-refractivity contribution in [3.8, 4) is 0 Å². The van der Waals surface area contributed by atoms with E-state index >= 15 is 0 Å². The molecule has 1 fully saturated rings. The standard InChI is InChI=1S/C12H20N2O4/c1-5-13-12(4,10(17)18)7-14-8(15)6-11(2,3)9(14)16/h13H,5-7H2,1-4H3,(H,17,18). The number of nitrogens with zero attached hydrogens (tertiary/aromatic N) is 1. The molecule has 1 rings (SSSR count). The van der Waals surface area contributed by atoms with Gasteiger partial charge in [-0.2, -0.15) is 0 Å². The summed E-state index contributed by atoms with van der Waals surface area (Å²) in [7, 11) is 0. The zero-order valence-electron chi connectivity index (χ0n) is 11.2. The molecule has 0 aromatic carbocycles. The first-order valence-electron chi connectivity index (χ1n) is 5.97. The van der Waals surface area contributed by atoms with Crippen LogP contribution in [0.4, 0.5) is 0 Å². The molecule has 2 N–H and O–H groups in total. The normalized spacial score (nSPS) is 22.1. The summed E-state index contributed by atoms with van der Waals surface area (Å²) in [6.07, 6.45) is 0.133. The molecule has 1 atom stereocenters. The molecule has 0 radical (unpaired) electrons. The van der Waals surface area contributed by atoms with E-state index in [2.05, 4.69) is 5.32 Å². The number of carboxylic acid groups (broad SMARTS) is 1. The molecule has 1 aliphatic rings. The summed E-state index contributed by atoms with van der Waals surface area (Å²) in [5, 5.41) is 12.0. The Labute approximate surface area is 106 Å². The topological polar surface area (TPSA) is 86.7 Å². The quantitative estimate of drug-likeness (QED) is 0.687. The van der Waals surface area contributed by atoms with Crippen LogP contribution in [0.2, 0.25) is 0 Å². The number of nitrogens with one attached hydrogen (secondary N) is 1. The van der Waals surface area contributed by atoms with Gasteiger partial charge in [0.15, 0.2) is 0 Å². The van der Waals surface area contributed by atoms with Crippen LogP contribution in [-0.4, -0.2) is 46.4 Å². The maximum Gasteiger partial charge on any atom is 0.325 e. The molecule has 6 nitrogen and oxygen atoms in total. The van der Waals surface area contributed by atoms with Crippen LogP contribution in [0.5, 0.6) is 0 Å². The van der Waals surface area contributed by atoms with Crippen molar-refractivity contribution < 1.29 is 19.5 Å². The van der Waals surface area contributed by atoms with Crippen LogP contribution in [0.3, 0.4) is 0 Å². The summed E-state index contributed by atoms with van der Waals surface area (Å²) in [5.41, 5.74) is -2.04. The van der Waals surface area contributed by atoms with Crippen molar-refractivity contribution in [2.75, 3.05) is 13.1 Å². The Morgan fingerprint density at radius 2 is 2.06 bits per heavy atom. The number of amides is 2. The van der Waals surface area contributed by atoms with Crippen molar-refractivity contribution in [1.82, 2.24) is 10.2 Å². The first-order chi connectivity index (χ1) is 8.14. The molecule has 1 heterocycles. The van der Waals surface area contributed by atoms with E-state index in [9.17, 15) is 19.5 Å². The summed E-state index contributed by atoms with van der Waals surface area (Å²) < 4.78 is 0. The third-order valence-corrected chi connectivity index (χ3v) is 3.23. The molecule has 2 amide bonds. The molecule has 0 aliphatic carbocycles. The van der Waals surface area contributed by atoms with E-state index in [4.69, 9.17) is 0 Å². The fourth-order valence-electron chi connectivity index (χ4n) is 2.09. The Morgan fingerprint density at radius 3 is 2.39 bits per heavy atom. The van der Waals surface area contributed by atoms with Gasteiger partial charge in [-0.05, 0) is 13.5 Å². The van der Waals surface area contributed by atoms with Crippen molar-refractivity contribution in [2.24, 2.45) is 5.41 Å². The number of hydrogen-bond acceptors (Lipinski definition) is 4. The van der Waals surface area contributed by atoms with Gasteiger partial charge in [-0.25, -0.2) is 0 Å². The number of carboxylic acids is 1. The van der Waals surface area contributed by atoms with Crippen molar-refractivity contribution in [2.45, 2.75) is 39.7 Å². The molecule has 6 heteroatoms. The minimum atomic E-state index is -1.31. The van der Waals surface area contributed by atoms with Gasteiger partial charge in [-0.3, -0.25) is 19.3 Å². The molecule has 1 aliphatic heterocycles. The lowest BCUT2D eigenvalue weighted by Crippen LogP contribution is -2.58. The highest BCUT2D eigenvalue weighted by atomic mass is 16.4. The predicted octanol–water partition coefficient (Wildman–Crippen LogP) is 0.224. The van der Waals surface area contributed by atoms with Gasteiger partial charge in [0.25, 0.3) is 0 Å². The van der Waals surface area contributed by atoms with Gasteiger partial charge >= 0.3 is 5.97 Å². The number of likely N-dealkylation sites (tertiary alicyclic amines) is 1. The van der Waals surface area contributed by atoms with E-state index in [0.717, 1.165) is 4.90 Å². The first kappa shape index (κ1) is 14.6. The lowest BCUT2D eigenvalue weighted by Gasteiger charge is -2.30. The Bertz CT molecular complexity index is 392. The largest absolute Gasteiger partial charge is 0.480 e. The second kappa shape index (κ2) is 4.68. The van der Waals surface area contributed by atoms with E-state index in [1.165, 1.54) is 6.92 Å². The van der Waals surface area contributed by atoms with Gasteiger partial charge in [0, 0.05) is 6.42 Å². The average Bonchev–Trinajstić information content (AvgIpc) is 2.41. The van der Waals surface area contributed by atoms with E-state index in [0.29, 0.717) is 6.54 Å². The van der Waals surface area contributed by atoms with Gasteiger partial charge < -0.3 is 10.4 Å². The number of carbonyl (C=O) groups excluding carboxylic acids is 2.